The standard InChI is InChI=1S/C38H44F2N8O3/c1-25-31(21-43-48(25)30-14-16-41-17-15-30)34(49)44-29-10-6-26(7-11-29)20-42-35(50)32-12-13-33-37(23-38(39,40)24-37)46(18-19-47(32)33)22-27-4-8-28(9-5-27)36(51)45(2)3/h4-13,21,30,41H,14-20,22-24H2,1-3H3,(H,42,50)(H,44,49). The van der Waals surface area contributed by atoms with Crippen molar-refractivity contribution in [2.75, 3.05) is 39.0 Å². The van der Waals surface area contributed by atoms with Crippen LogP contribution in [0.2, 0.25) is 0 Å². The first kappa shape index (κ1) is 34.6. The molecule has 0 radical (unpaired) electrons. The van der Waals surface area contributed by atoms with Gasteiger partial charge in [-0.1, -0.05) is 24.3 Å². The number of fused-ring (bicyclic) bond motifs is 2. The number of nitrogens with one attached hydrogen (secondary N) is 3. The second-order valence-electron chi connectivity index (χ2n) is 14.2. The summed E-state index contributed by atoms with van der Waals surface area (Å²) in [5, 5.41) is 13.8. The molecule has 3 amide bonds. The number of amides is 3. The Bertz CT molecular complexity index is 1920. The zero-order valence-electron chi connectivity index (χ0n) is 29.2. The van der Waals surface area contributed by atoms with Gasteiger partial charge in [-0.3, -0.25) is 24.0 Å². The summed E-state index contributed by atoms with van der Waals surface area (Å²) in [4.78, 5) is 42.4. The van der Waals surface area contributed by atoms with Crippen LogP contribution in [-0.4, -0.2) is 81.5 Å². The molecule has 11 nitrogen and oxygen atoms in total. The van der Waals surface area contributed by atoms with E-state index in [1.54, 1.807) is 50.6 Å². The molecule has 0 bridgehead atoms. The van der Waals surface area contributed by atoms with Gasteiger partial charge in [0.1, 0.15) is 5.69 Å². The molecule has 2 fully saturated rings. The van der Waals surface area contributed by atoms with Crippen LogP contribution < -0.4 is 16.0 Å². The molecule has 4 aromatic rings. The van der Waals surface area contributed by atoms with Crippen LogP contribution in [0.1, 0.15) is 85.4 Å². The second kappa shape index (κ2) is 13.7. The Balaban J connectivity index is 0.981. The van der Waals surface area contributed by atoms with E-state index in [0.29, 0.717) is 42.1 Å². The van der Waals surface area contributed by atoms with Gasteiger partial charge < -0.3 is 25.4 Å². The third kappa shape index (κ3) is 6.79. The fourth-order valence-corrected chi connectivity index (χ4v) is 7.82. The van der Waals surface area contributed by atoms with Gasteiger partial charge in [0.15, 0.2) is 0 Å². The van der Waals surface area contributed by atoms with E-state index in [-0.39, 0.29) is 43.1 Å². The predicted molar refractivity (Wildman–Crippen MR) is 189 cm³/mol. The fraction of sp³-hybridized carbons (Fsp3) is 0.421. The van der Waals surface area contributed by atoms with E-state index >= 15 is 0 Å². The van der Waals surface area contributed by atoms with Crippen molar-refractivity contribution in [3.05, 3.63) is 106 Å². The maximum atomic E-state index is 14.6. The zero-order valence-corrected chi connectivity index (χ0v) is 29.2. The highest BCUT2D eigenvalue weighted by molar-refractivity contribution is 6.05. The van der Waals surface area contributed by atoms with Gasteiger partial charge in [-0.15, -0.1) is 0 Å². The average Bonchev–Trinajstić information content (AvgIpc) is 3.73. The quantitative estimate of drug-likeness (QED) is 0.228. The minimum Gasteiger partial charge on any atom is -0.347 e. The van der Waals surface area contributed by atoms with Gasteiger partial charge in [-0.2, -0.15) is 5.10 Å². The monoisotopic (exact) mass is 698 g/mol. The van der Waals surface area contributed by atoms with Crippen LogP contribution in [-0.2, 0) is 25.2 Å². The highest BCUT2D eigenvalue weighted by Gasteiger charge is 2.62. The Hall–Kier alpha value is -4.88. The van der Waals surface area contributed by atoms with E-state index in [1.807, 2.05) is 46.5 Å². The van der Waals surface area contributed by atoms with Gasteiger partial charge in [0.25, 0.3) is 23.6 Å². The van der Waals surface area contributed by atoms with Crippen LogP contribution in [0.25, 0.3) is 0 Å². The van der Waals surface area contributed by atoms with E-state index < -0.39 is 11.5 Å². The third-order valence-electron chi connectivity index (χ3n) is 10.6. The first-order chi connectivity index (χ1) is 24.4. The number of anilines is 1. The minimum atomic E-state index is -2.78. The summed E-state index contributed by atoms with van der Waals surface area (Å²) >= 11 is 0. The van der Waals surface area contributed by atoms with Gasteiger partial charge in [-0.05, 0) is 80.4 Å². The van der Waals surface area contributed by atoms with E-state index in [1.165, 1.54) is 4.90 Å². The molecule has 13 heteroatoms. The van der Waals surface area contributed by atoms with Crippen molar-refractivity contribution < 1.29 is 23.2 Å². The van der Waals surface area contributed by atoms with Gasteiger partial charge in [-0.25, -0.2) is 8.78 Å². The molecule has 0 atom stereocenters. The van der Waals surface area contributed by atoms with Gasteiger partial charge >= 0.3 is 0 Å². The lowest BCUT2D eigenvalue weighted by Crippen LogP contribution is -2.63. The molecule has 0 unspecified atom stereocenters. The number of aromatic nitrogens is 3. The summed E-state index contributed by atoms with van der Waals surface area (Å²) in [6.45, 7) is 5.50. The van der Waals surface area contributed by atoms with Crippen molar-refractivity contribution in [2.24, 2.45) is 0 Å². The van der Waals surface area contributed by atoms with E-state index in [4.69, 9.17) is 0 Å². The highest BCUT2D eigenvalue weighted by atomic mass is 19.3. The Morgan fingerprint density at radius 1 is 0.922 bits per heavy atom. The molecule has 3 aliphatic rings. The number of benzene rings is 2. The summed E-state index contributed by atoms with van der Waals surface area (Å²) in [5.74, 6) is -3.38. The number of alkyl halides is 2. The van der Waals surface area contributed by atoms with E-state index in [9.17, 15) is 23.2 Å². The number of carbonyl (C=O) groups excluding carboxylic acids is 3. The van der Waals surface area contributed by atoms with Crippen molar-refractivity contribution in [1.29, 1.82) is 0 Å². The molecule has 1 aliphatic carbocycles. The molecule has 51 heavy (non-hydrogen) atoms. The Morgan fingerprint density at radius 2 is 1.61 bits per heavy atom. The van der Waals surface area contributed by atoms with Gasteiger partial charge in [0, 0.05) is 75.8 Å². The first-order valence-corrected chi connectivity index (χ1v) is 17.5. The predicted octanol–water partition coefficient (Wildman–Crippen LogP) is 4.94. The molecular formula is C38H44F2N8O3. The maximum absolute atomic E-state index is 14.6. The van der Waals surface area contributed by atoms with Crippen LogP contribution in [0.3, 0.4) is 0 Å². The smallest absolute Gasteiger partial charge is 0.268 e. The number of hydrogen-bond donors (Lipinski definition) is 3. The molecular weight excluding hydrogens is 654 g/mol. The van der Waals surface area contributed by atoms with Crippen molar-refractivity contribution in [3.63, 3.8) is 0 Å². The lowest BCUT2D eigenvalue weighted by Gasteiger charge is -2.56. The summed E-state index contributed by atoms with van der Waals surface area (Å²) < 4.78 is 32.9. The number of halogens is 2. The first-order valence-electron chi connectivity index (χ1n) is 17.5. The lowest BCUT2D eigenvalue weighted by molar-refractivity contribution is -0.192. The molecule has 1 saturated heterocycles. The van der Waals surface area contributed by atoms with Crippen molar-refractivity contribution in [1.82, 2.24) is 34.8 Å². The number of hydrogen-bond acceptors (Lipinski definition) is 6. The SMILES string of the molecule is Cc1c(C(=O)Nc2ccc(CNC(=O)c3ccc4n3CCN(Cc3ccc(C(=O)N(C)C)cc3)C43CC(F)(F)C3)cc2)cnn1C1CCNCC1. The van der Waals surface area contributed by atoms with Crippen LogP contribution in [0, 0.1) is 6.92 Å². The Morgan fingerprint density at radius 3 is 2.27 bits per heavy atom. The Labute approximate surface area is 296 Å². The molecule has 1 spiro atoms. The van der Waals surface area contributed by atoms with Gasteiger partial charge in [0.2, 0.25) is 0 Å². The number of nitrogens with zero attached hydrogens (tertiary/aromatic N) is 5. The summed E-state index contributed by atoms with van der Waals surface area (Å²) in [5.41, 5.74) is 4.66. The molecule has 1 saturated carbocycles. The molecule has 268 valence electrons. The van der Waals surface area contributed by atoms with E-state index in [0.717, 1.165) is 48.4 Å². The highest BCUT2D eigenvalue weighted by Crippen LogP contribution is 2.57. The summed E-state index contributed by atoms with van der Waals surface area (Å²) in [6, 6.07) is 18.4. The Kier molecular flexibility index (Phi) is 9.27. The molecule has 2 aliphatic heterocycles. The summed E-state index contributed by atoms with van der Waals surface area (Å²) in [6.07, 6.45) is 2.95. The molecule has 2 aromatic carbocycles. The third-order valence-corrected chi connectivity index (χ3v) is 10.6. The number of rotatable bonds is 9. The van der Waals surface area contributed by atoms with Crippen LogP contribution in [0.15, 0.2) is 66.9 Å². The van der Waals surface area contributed by atoms with Crippen molar-refractivity contribution in [2.45, 2.75) is 69.7 Å². The van der Waals surface area contributed by atoms with Crippen molar-refractivity contribution in [3.8, 4) is 0 Å². The normalized spacial score (nSPS) is 18.1. The van der Waals surface area contributed by atoms with Gasteiger partial charge in [0.05, 0.1) is 23.3 Å². The largest absolute Gasteiger partial charge is 0.347 e. The molecule has 3 N–H and O–H groups in total. The van der Waals surface area contributed by atoms with Crippen LogP contribution in [0.4, 0.5) is 14.5 Å². The van der Waals surface area contributed by atoms with Crippen molar-refractivity contribution >= 4 is 23.4 Å². The maximum Gasteiger partial charge on any atom is 0.268 e. The lowest BCUT2D eigenvalue weighted by atomic mass is 9.68. The molecule has 4 heterocycles. The average molecular weight is 699 g/mol. The molecule has 7 rings (SSSR count). The minimum absolute atomic E-state index is 0.0956. The number of piperidine rings is 1. The molecule has 2 aromatic heterocycles. The van der Waals surface area contributed by atoms with Crippen LogP contribution >= 0.6 is 0 Å². The van der Waals surface area contributed by atoms with Crippen LogP contribution in [0.5, 0.6) is 0 Å². The zero-order chi connectivity index (χ0) is 35.9. The number of carbonyl (C=O) groups is 3. The van der Waals surface area contributed by atoms with E-state index in [2.05, 4.69) is 25.9 Å². The second-order valence-corrected chi connectivity index (χ2v) is 14.2. The fourth-order valence-electron chi connectivity index (χ4n) is 7.82. The summed E-state index contributed by atoms with van der Waals surface area (Å²) in [7, 11) is 3.40. The topological polar surface area (TPSA) is 117 Å².